The monoisotopic (exact) mass is 402 g/mol. The van der Waals surface area contributed by atoms with Crippen molar-refractivity contribution in [1.82, 2.24) is 4.98 Å². The fourth-order valence-electron chi connectivity index (χ4n) is 2.88. The van der Waals surface area contributed by atoms with Gasteiger partial charge in [0.25, 0.3) is 5.91 Å². The van der Waals surface area contributed by atoms with E-state index >= 15 is 0 Å². The summed E-state index contributed by atoms with van der Waals surface area (Å²) in [4.78, 5) is 26.7. The van der Waals surface area contributed by atoms with Gasteiger partial charge in [-0.05, 0) is 44.9 Å². The van der Waals surface area contributed by atoms with Crippen molar-refractivity contribution in [3.8, 4) is 5.75 Å². The van der Waals surface area contributed by atoms with Gasteiger partial charge in [0.15, 0.2) is 0 Å². The van der Waals surface area contributed by atoms with Gasteiger partial charge < -0.3 is 20.0 Å². The normalized spacial score (nSPS) is 13.5. The molecule has 2 heterocycles. The standard InChI is InChI=1S/C15H14N2O3S.C5H8O2/c1-8-14(15(16)18)12-5-10(3-4-13(12)20-8)19-7-11-6-17-9(2)21-11;6-5(7)4-2-1-3-4/h3-6H,7H2,1-2H3,(H2,16,18);4H,1-3H2,(H,6,7). The summed E-state index contributed by atoms with van der Waals surface area (Å²) in [6, 6.07) is 5.37. The molecule has 148 valence electrons. The lowest BCUT2D eigenvalue weighted by molar-refractivity contribution is -0.144. The number of carboxylic acid groups (broad SMARTS) is 1. The number of carboxylic acids is 1. The van der Waals surface area contributed by atoms with Crippen LogP contribution in [0.4, 0.5) is 0 Å². The number of nitrogens with two attached hydrogens (primary N) is 1. The topological polar surface area (TPSA) is 116 Å². The summed E-state index contributed by atoms with van der Waals surface area (Å²) >= 11 is 1.59. The number of fused-ring (bicyclic) bond motifs is 1. The Kier molecular flexibility index (Phi) is 5.99. The van der Waals surface area contributed by atoms with Crippen LogP contribution >= 0.6 is 11.3 Å². The predicted molar refractivity (Wildman–Crippen MR) is 106 cm³/mol. The molecule has 0 unspecified atom stereocenters. The van der Waals surface area contributed by atoms with Crippen LogP contribution in [0.25, 0.3) is 11.0 Å². The second-order valence-electron chi connectivity index (χ2n) is 6.66. The van der Waals surface area contributed by atoms with Gasteiger partial charge in [0, 0.05) is 11.6 Å². The second-order valence-corrected chi connectivity index (χ2v) is 7.98. The first kappa shape index (κ1) is 19.9. The summed E-state index contributed by atoms with van der Waals surface area (Å²) in [6.45, 7) is 4.12. The zero-order chi connectivity index (χ0) is 20.3. The van der Waals surface area contributed by atoms with Crippen LogP contribution < -0.4 is 10.5 Å². The molecule has 0 atom stereocenters. The van der Waals surface area contributed by atoms with Crippen molar-refractivity contribution in [3.05, 3.63) is 45.6 Å². The number of aliphatic carboxylic acids is 1. The van der Waals surface area contributed by atoms with Crippen LogP contribution in [0, 0.1) is 19.8 Å². The first-order chi connectivity index (χ1) is 13.3. The highest BCUT2D eigenvalue weighted by Gasteiger charge is 2.23. The van der Waals surface area contributed by atoms with Gasteiger partial charge in [-0.2, -0.15) is 0 Å². The minimum Gasteiger partial charge on any atom is -0.488 e. The minimum absolute atomic E-state index is 0.000000000000000444. The number of furan rings is 1. The molecular formula is C20H22N2O5S. The molecule has 0 bridgehead atoms. The van der Waals surface area contributed by atoms with Crippen LogP contribution in [0.15, 0.2) is 28.8 Å². The highest BCUT2D eigenvalue weighted by molar-refractivity contribution is 7.11. The van der Waals surface area contributed by atoms with Crippen molar-refractivity contribution < 1.29 is 23.8 Å². The maximum absolute atomic E-state index is 11.5. The van der Waals surface area contributed by atoms with Crippen LogP contribution in [0.1, 0.15) is 45.3 Å². The van der Waals surface area contributed by atoms with Gasteiger partial charge in [0.2, 0.25) is 0 Å². The number of hydrogen-bond donors (Lipinski definition) is 2. The lowest BCUT2D eigenvalue weighted by Gasteiger charge is -2.19. The molecule has 7 nitrogen and oxygen atoms in total. The summed E-state index contributed by atoms with van der Waals surface area (Å²) < 4.78 is 11.3. The molecule has 1 aromatic carbocycles. The van der Waals surface area contributed by atoms with E-state index in [0.717, 1.165) is 29.1 Å². The Labute approximate surface area is 166 Å². The van der Waals surface area contributed by atoms with Gasteiger partial charge in [0.1, 0.15) is 23.7 Å². The smallest absolute Gasteiger partial charge is 0.306 e. The van der Waals surface area contributed by atoms with Crippen molar-refractivity contribution in [2.24, 2.45) is 11.7 Å². The van der Waals surface area contributed by atoms with E-state index in [1.54, 1.807) is 36.6 Å². The third kappa shape index (κ3) is 4.51. The van der Waals surface area contributed by atoms with Crippen molar-refractivity contribution in [3.63, 3.8) is 0 Å². The number of rotatable bonds is 5. The van der Waals surface area contributed by atoms with Crippen molar-refractivity contribution in [2.75, 3.05) is 0 Å². The van der Waals surface area contributed by atoms with Gasteiger partial charge in [-0.3, -0.25) is 9.59 Å². The Morgan fingerprint density at radius 2 is 2.11 bits per heavy atom. The molecule has 0 radical (unpaired) electrons. The highest BCUT2D eigenvalue weighted by Crippen LogP contribution is 2.29. The van der Waals surface area contributed by atoms with Crippen LogP contribution in [-0.2, 0) is 11.4 Å². The minimum atomic E-state index is -0.619. The van der Waals surface area contributed by atoms with E-state index in [2.05, 4.69) is 4.98 Å². The quantitative estimate of drug-likeness (QED) is 0.665. The summed E-state index contributed by atoms with van der Waals surface area (Å²) in [5.74, 6) is 0.0670. The van der Waals surface area contributed by atoms with Crippen molar-refractivity contribution in [1.29, 1.82) is 0 Å². The van der Waals surface area contributed by atoms with Gasteiger partial charge in [-0.15, -0.1) is 11.3 Å². The summed E-state index contributed by atoms with van der Waals surface area (Å²) in [5, 5.41) is 9.92. The Balaban J connectivity index is 0.000000271. The summed E-state index contributed by atoms with van der Waals surface area (Å²) in [7, 11) is 0. The van der Waals surface area contributed by atoms with E-state index in [4.69, 9.17) is 20.0 Å². The number of amides is 1. The fourth-order valence-corrected chi connectivity index (χ4v) is 3.58. The lowest BCUT2D eigenvalue weighted by atomic mass is 9.86. The molecule has 2 aromatic heterocycles. The number of carbonyl (C=O) groups is 2. The van der Waals surface area contributed by atoms with Crippen LogP contribution in [-0.4, -0.2) is 22.0 Å². The number of ether oxygens (including phenoxy) is 1. The molecule has 0 spiro atoms. The van der Waals surface area contributed by atoms with E-state index in [0.29, 0.717) is 34.6 Å². The maximum atomic E-state index is 11.5. The van der Waals surface area contributed by atoms with Crippen molar-refractivity contribution >= 4 is 34.2 Å². The summed E-state index contributed by atoms with van der Waals surface area (Å²) in [6.07, 6.45) is 4.71. The molecule has 1 aliphatic carbocycles. The van der Waals surface area contributed by atoms with E-state index in [9.17, 15) is 9.59 Å². The molecule has 28 heavy (non-hydrogen) atoms. The number of benzene rings is 1. The number of nitrogens with zero attached hydrogens (tertiary/aromatic N) is 1. The van der Waals surface area contributed by atoms with Gasteiger partial charge in [-0.25, -0.2) is 4.98 Å². The van der Waals surface area contributed by atoms with Crippen LogP contribution in [0.2, 0.25) is 0 Å². The number of thiazole rings is 1. The molecule has 4 rings (SSSR count). The molecule has 0 aliphatic heterocycles. The molecule has 1 saturated carbocycles. The number of aryl methyl sites for hydroxylation is 2. The van der Waals surface area contributed by atoms with E-state index < -0.39 is 11.9 Å². The molecule has 3 N–H and O–H groups in total. The van der Waals surface area contributed by atoms with E-state index in [1.807, 2.05) is 13.0 Å². The molecule has 3 aromatic rings. The molecule has 8 heteroatoms. The highest BCUT2D eigenvalue weighted by atomic mass is 32.1. The zero-order valence-corrected chi connectivity index (χ0v) is 16.5. The third-order valence-corrected chi connectivity index (χ3v) is 5.47. The average Bonchev–Trinajstić information content (AvgIpc) is 3.13. The fraction of sp³-hybridized carbons (Fsp3) is 0.350. The maximum Gasteiger partial charge on any atom is 0.306 e. The molecule has 0 saturated heterocycles. The van der Waals surface area contributed by atoms with Crippen molar-refractivity contribution in [2.45, 2.75) is 39.7 Å². The average molecular weight is 402 g/mol. The Bertz CT molecular complexity index is 1000. The Hall–Kier alpha value is -2.87. The first-order valence-corrected chi connectivity index (χ1v) is 9.76. The molecule has 1 amide bonds. The SMILES string of the molecule is Cc1ncc(COc2ccc3oc(C)c(C(N)=O)c3c2)s1.O=C(O)C1CCC1. The molecule has 1 aliphatic rings. The summed E-state index contributed by atoms with van der Waals surface area (Å²) in [5.41, 5.74) is 6.43. The largest absolute Gasteiger partial charge is 0.488 e. The predicted octanol–water partition coefficient (Wildman–Crippen LogP) is 4.06. The lowest BCUT2D eigenvalue weighted by Crippen LogP contribution is -2.20. The Morgan fingerprint density at radius 3 is 2.61 bits per heavy atom. The number of hydrogen-bond acceptors (Lipinski definition) is 6. The second kappa shape index (κ2) is 8.43. The molecular weight excluding hydrogens is 380 g/mol. The van der Waals surface area contributed by atoms with E-state index in [-0.39, 0.29) is 5.92 Å². The zero-order valence-electron chi connectivity index (χ0n) is 15.7. The third-order valence-electron chi connectivity index (χ3n) is 4.59. The number of carbonyl (C=O) groups excluding carboxylic acids is 1. The Morgan fingerprint density at radius 1 is 1.36 bits per heavy atom. The van der Waals surface area contributed by atoms with Gasteiger partial charge in [-0.1, -0.05) is 6.42 Å². The first-order valence-electron chi connectivity index (χ1n) is 8.95. The van der Waals surface area contributed by atoms with Crippen LogP contribution in [0.3, 0.4) is 0 Å². The molecule has 1 fully saturated rings. The number of aromatic nitrogens is 1. The van der Waals surface area contributed by atoms with Gasteiger partial charge >= 0.3 is 5.97 Å². The number of primary amides is 1. The van der Waals surface area contributed by atoms with E-state index in [1.165, 1.54) is 0 Å². The van der Waals surface area contributed by atoms with Gasteiger partial charge in [0.05, 0.1) is 21.4 Å². The van der Waals surface area contributed by atoms with Crippen LogP contribution in [0.5, 0.6) is 5.75 Å².